The van der Waals surface area contributed by atoms with Crippen LogP contribution in [-0.4, -0.2) is 45.1 Å². The van der Waals surface area contributed by atoms with E-state index in [4.69, 9.17) is 9.47 Å². The summed E-state index contributed by atoms with van der Waals surface area (Å²) in [5.74, 6) is -1.99. The molecule has 0 saturated carbocycles. The molecular formula is C14H18N4O4. The summed E-state index contributed by atoms with van der Waals surface area (Å²) in [4.78, 5) is 36.9. The summed E-state index contributed by atoms with van der Waals surface area (Å²) in [6, 6.07) is 0. The Hall–Kier alpha value is -2.64. The Morgan fingerprint density at radius 2 is 1.32 bits per heavy atom. The first-order chi connectivity index (χ1) is 10.6. The number of aryl methyl sites for hydroxylation is 2. The third-order valence-corrected chi connectivity index (χ3v) is 3.18. The van der Waals surface area contributed by atoms with Gasteiger partial charge in [-0.2, -0.15) is 0 Å². The molecule has 0 spiro atoms. The monoisotopic (exact) mass is 306 g/mol. The van der Waals surface area contributed by atoms with Crippen LogP contribution in [0.4, 0.5) is 0 Å². The van der Waals surface area contributed by atoms with Crippen molar-refractivity contribution < 1.29 is 19.1 Å². The van der Waals surface area contributed by atoms with Crippen LogP contribution in [0.5, 0.6) is 0 Å². The summed E-state index contributed by atoms with van der Waals surface area (Å²) in [5.41, 5.74) is 3.42. The minimum atomic E-state index is -0.994. The number of nitrogens with zero attached hydrogens (tertiary/aromatic N) is 2. The number of nitrogens with one attached hydrogen (secondary N) is 2. The van der Waals surface area contributed by atoms with Crippen molar-refractivity contribution in [2.24, 2.45) is 0 Å². The molecule has 8 heteroatoms. The second kappa shape index (κ2) is 7.39. The standard InChI is InChI=1S/C14H18N4O4/c1-9-11(17-7-15-9)3-5-21-13(19)14(20)22-6-4-12-10(2)16-8-18-12/h7-8H,3-6H2,1-2H3,(H,15,17)(H,16,18). The number of rotatable bonds is 6. The van der Waals surface area contributed by atoms with E-state index in [2.05, 4.69) is 19.9 Å². The molecule has 0 atom stereocenters. The fraction of sp³-hybridized carbons (Fsp3) is 0.429. The maximum atomic E-state index is 11.5. The molecule has 0 radical (unpaired) electrons. The lowest BCUT2D eigenvalue weighted by atomic mass is 10.3. The van der Waals surface area contributed by atoms with Gasteiger partial charge >= 0.3 is 11.9 Å². The van der Waals surface area contributed by atoms with Crippen LogP contribution in [0.1, 0.15) is 22.8 Å². The predicted octanol–water partition coefficient (Wildman–Crippen LogP) is 0.621. The summed E-state index contributed by atoms with van der Waals surface area (Å²) in [5, 5.41) is 0. The van der Waals surface area contributed by atoms with Crippen molar-refractivity contribution in [1.82, 2.24) is 19.9 Å². The number of carbonyl (C=O) groups excluding carboxylic acids is 2. The molecule has 0 aliphatic carbocycles. The average Bonchev–Trinajstić information content (AvgIpc) is 3.08. The zero-order valence-electron chi connectivity index (χ0n) is 12.5. The highest BCUT2D eigenvalue weighted by Crippen LogP contribution is 2.03. The lowest BCUT2D eigenvalue weighted by molar-refractivity contribution is -0.167. The van der Waals surface area contributed by atoms with Crippen molar-refractivity contribution >= 4 is 11.9 Å². The van der Waals surface area contributed by atoms with Gasteiger partial charge in [-0.15, -0.1) is 0 Å². The number of hydrogen-bond donors (Lipinski definition) is 2. The quantitative estimate of drug-likeness (QED) is 0.598. The molecule has 0 aromatic carbocycles. The Bertz CT molecular complexity index is 591. The van der Waals surface area contributed by atoms with E-state index in [9.17, 15) is 9.59 Å². The minimum absolute atomic E-state index is 0.0814. The molecule has 0 saturated heterocycles. The van der Waals surface area contributed by atoms with E-state index < -0.39 is 11.9 Å². The molecular weight excluding hydrogens is 288 g/mol. The van der Waals surface area contributed by atoms with Crippen molar-refractivity contribution in [3.63, 3.8) is 0 Å². The number of hydrogen-bond acceptors (Lipinski definition) is 6. The van der Waals surface area contributed by atoms with E-state index in [-0.39, 0.29) is 13.2 Å². The maximum absolute atomic E-state index is 11.5. The van der Waals surface area contributed by atoms with E-state index in [1.54, 1.807) is 12.7 Å². The Morgan fingerprint density at radius 3 is 1.64 bits per heavy atom. The molecule has 22 heavy (non-hydrogen) atoms. The summed E-state index contributed by atoms with van der Waals surface area (Å²) < 4.78 is 9.71. The van der Waals surface area contributed by atoms with Crippen LogP contribution in [0.2, 0.25) is 0 Å². The van der Waals surface area contributed by atoms with E-state index in [1.807, 2.05) is 13.8 Å². The van der Waals surface area contributed by atoms with Gasteiger partial charge in [0, 0.05) is 24.2 Å². The average molecular weight is 306 g/mol. The second-order valence-corrected chi connectivity index (χ2v) is 4.72. The van der Waals surface area contributed by atoms with Crippen LogP contribution < -0.4 is 0 Å². The van der Waals surface area contributed by atoms with E-state index >= 15 is 0 Å². The van der Waals surface area contributed by atoms with Crippen LogP contribution in [0.25, 0.3) is 0 Å². The first kappa shape index (κ1) is 15.7. The largest absolute Gasteiger partial charge is 0.457 e. The molecule has 0 fully saturated rings. The molecule has 0 amide bonds. The minimum Gasteiger partial charge on any atom is -0.457 e. The summed E-state index contributed by atoms with van der Waals surface area (Å²) in [6.45, 7) is 3.90. The molecule has 8 nitrogen and oxygen atoms in total. The second-order valence-electron chi connectivity index (χ2n) is 4.72. The molecule has 0 bridgehead atoms. The number of carbonyl (C=O) groups is 2. The molecule has 2 heterocycles. The number of aromatic amines is 2. The number of H-pyrrole nitrogens is 2. The molecule has 118 valence electrons. The summed E-state index contributed by atoms with van der Waals surface area (Å²) in [6.07, 6.45) is 4.03. The smallest absolute Gasteiger partial charge is 0.417 e. The maximum Gasteiger partial charge on any atom is 0.417 e. The third kappa shape index (κ3) is 4.18. The highest BCUT2D eigenvalue weighted by atomic mass is 16.6. The van der Waals surface area contributed by atoms with Gasteiger partial charge in [-0.1, -0.05) is 0 Å². The van der Waals surface area contributed by atoms with Crippen molar-refractivity contribution in [2.45, 2.75) is 26.7 Å². The Morgan fingerprint density at radius 1 is 0.909 bits per heavy atom. The first-order valence-corrected chi connectivity index (χ1v) is 6.89. The van der Waals surface area contributed by atoms with Crippen LogP contribution in [0.15, 0.2) is 12.7 Å². The van der Waals surface area contributed by atoms with Crippen LogP contribution >= 0.6 is 0 Å². The van der Waals surface area contributed by atoms with Crippen LogP contribution in [-0.2, 0) is 31.9 Å². The number of aromatic nitrogens is 4. The summed E-state index contributed by atoms with van der Waals surface area (Å²) >= 11 is 0. The van der Waals surface area contributed by atoms with E-state index in [1.165, 1.54) is 0 Å². The predicted molar refractivity (Wildman–Crippen MR) is 76.0 cm³/mol. The highest BCUT2D eigenvalue weighted by Gasteiger charge is 2.17. The molecule has 2 rings (SSSR count). The van der Waals surface area contributed by atoms with Gasteiger partial charge in [0.05, 0.1) is 37.3 Å². The van der Waals surface area contributed by atoms with Gasteiger partial charge in [-0.25, -0.2) is 19.6 Å². The van der Waals surface area contributed by atoms with E-state index in [0.29, 0.717) is 12.8 Å². The van der Waals surface area contributed by atoms with Crippen LogP contribution in [0.3, 0.4) is 0 Å². The molecule has 0 aliphatic heterocycles. The number of esters is 2. The van der Waals surface area contributed by atoms with Crippen molar-refractivity contribution in [3.05, 3.63) is 35.4 Å². The molecule has 2 N–H and O–H groups in total. The van der Waals surface area contributed by atoms with Crippen molar-refractivity contribution in [2.75, 3.05) is 13.2 Å². The Balaban J connectivity index is 1.65. The highest BCUT2D eigenvalue weighted by molar-refractivity contribution is 6.29. The number of ether oxygens (including phenoxy) is 2. The molecule has 0 unspecified atom stereocenters. The van der Waals surface area contributed by atoms with Gasteiger partial charge in [-0.3, -0.25) is 0 Å². The Kier molecular flexibility index (Phi) is 5.29. The fourth-order valence-corrected chi connectivity index (χ4v) is 1.88. The zero-order valence-corrected chi connectivity index (χ0v) is 12.5. The van der Waals surface area contributed by atoms with Gasteiger partial charge < -0.3 is 19.4 Å². The van der Waals surface area contributed by atoms with Gasteiger partial charge in [0.25, 0.3) is 0 Å². The normalized spacial score (nSPS) is 10.5. The lowest BCUT2D eigenvalue weighted by Gasteiger charge is -2.05. The topological polar surface area (TPSA) is 110 Å². The van der Waals surface area contributed by atoms with Gasteiger partial charge in [-0.05, 0) is 13.8 Å². The van der Waals surface area contributed by atoms with Gasteiger partial charge in [0.1, 0.15) is 0 Å². The SMILES string of the molecule is Cc1[nH]cnc1CCOC(=O)C(=O)OCCc1nc[nH]c1C. The fourth-order valence-electron chi connectivity index (χ4n) is 1.88. The van der Waals surface area contributed by atoms with E-state index in [0.717, 1.165) is 22.8 Å². The van der Waals surface area contributed by atoms with Crippen molar-refractivity contribution in [3.8, 4) is 0 Å². The van der Waals surface area contributed by atoms with Crippen molar-refractivity contribution in [1.29, 1.82) is 0 Å². The lowest BCUT2D eigenvalue weighted by Crippen LogP contribution is -2.22. The first-order valence-electron chi connectivity index (χ1n) is 6.89. The van der Waals surface area contributed by atoms with Crippen LogP contribution in [0, 0.1) is 13.8 Å². The molecule has 2 aromatic rings. The Labute approximate surface area is 127 Å². The third-order valence-electron chi connectivity index (χ3n) is 3.18. The summed E-state index contributed by atoms with van der Waals surface area (Å²) in [7, 11) is 0. The number of imidazole rings is 2. The molecule has 0 aliphatic rings. The zero-order chi connectivity index (χ0) is 15.9. The van der Waals surface area contributed by atoms with Gasteiger partial charge in [0.15, 0.2) is 0 Å². The molecule has 2 aromatic heterocycles. The van der Waals surface area contributed by atoms with Gasteiger partial charge in [0.2, 0.25) is 0 Å².